The molecule has 3 rings (SSSR count). The highest BCUT2D eigenvalue weighted by molar-refractivity contribution is 7.90. The summed E-state index contributed by atoms with van der Waals surface area (Å²) in [5, 5.41) is 9.80. The summed E-state index contributed by atoms with van der Waals surface area (Å²) in [5.41, 5.74) is 2.39. The molecular formula is C18H25N5O2S. The Morgan fingerprint density at radius 3 is 2.73 bits per heavy atom. The van der Waals surface area contributed by atoms with Crippen LogP contribution < -0.4 is 4.90 Å². The zero-order valence-corrected chi connectivity index (χ0v) is 16.4. The fourth-order valence-corrected chi connectivity index (χ4v) is 3.76. The summed E-state index contributed by atoms with van der Waals surface area (Å²) in [5.74, 6) is 1.93. The van der Waals surface area contributed by atoms with Crippen LogP contribution in [0.3, 0.4) is 0 Å². The van der Waals surface area contributed by atoms with Crippen LogP contribution in [0, 0.1) is 0 Å². The van der Waals surface area contributed by atoms with Crippen molar-refractivity contribution in [2.45, 2.75) is 19.3 Å². The lowest BCUT2D eigenvalue weighted by atomic mass is 9.97. The lowest BCUT2D eigenvalue weighted by Gasteiger charge is -2.17. The van der Waals surface area contributed by atoms with Crippen molar-refractivity contribution < 1.29 is 8.42 Å². The second kappa shape index (κ2) is 7.11. The minimum atomic E-state index is -3.01. The molecule has 0 saturated heterocycles. The zero-order chi connectivity index (χ0) is 18.9. The van der Waals surface area contributed by atoms with Gasteiger partial charge in [-0.1, -0.05) is 25.1 Å². The fourth-order valence-electron chi connectivity index (χ4n) is 3.15. The quantitative estimate of drug-likeness (QED) is 0.684. The summed E-state index contributed by atoms with van der Waals surface area (Å²) >= 11 is 0. The summed E-state index contributed by atoms with van der Waals surface area (Å²) in [7, 11) is 0.750. The van der Waals surface area contributed by atoms with Crippen LogP contribution in [0.2, 0.25) is 0 Å². The van der Waals surface area contributed by atoms with Crippen LogP contribution in [-0.2, 0) is 23.3 Å². The number of H-pyrrole nitrogens is 1. The van der Waals surface area contributed by atoms with Gasteiger partial charge in [0, 0.05) is 50.4 Å². The van der Waals surface area contributed by atoms with Crippen LogP contribution in [0.5, 0.6) is 0 Å². The van der Waals surface area contributed by atoms with Crippen molar-refractivity contribution >= 4 is 26.7 Å². The van der Waals surface area contributed by atoms with Gasteiger partial charge in [-0.2, -0.15) is 0 Å². The van der Waals surface area contributed by atoms with Gasteiger partial charge in [0.1, 0.15) is 15.7 Å². The molecule has 0 radical (unpaired) electrons. The lowest BCUT2D eigenvalue weighted by Crippen LogP contribution is -2.27. The maximum Gasteiger partial charge on any atom is 0.226 e. The van der Waals surface area contributed by atoms with E-state index in [9.17, 15) is 8.42 Å². The first-order chi connectivity index (χ1) is 12.3. The molecule has 8 heteroatoms. The van der Waals surface area contributed by atoms with Gasteiger partial charge < -0.3 is 14.5 Å². The average molecular weight is 375 g/mol. The number of rotatable bonds is 7. The highest BCUT2D eigenvalue weighted by atomic mass is 32.2. The molecule has 3 aromatic rings. The minimum absolute atomic E-state index is 0.0947. The number of hydrogen-bond donors (Lipinski definition) is 1. The molecule has 1 N–H and O–H groups in total. The number of nitrogens with zero attached hydrogens (tertiary/aromatic N) is 4. The minimum Gasteiger partial charge on any atom is -0.361 e. The second-order valence-electron chi connectivity index (χ2n) is 6.92. The van der Waals surface area contributed by atoms with Crippen molar-refractivity contribution in [3.63, 3.8) is 0 Å². The number of para-hydroxylation sites is 1. The number of aromatic nitrogens is 4. The second-order valence-corrected chi connectivity index (χ2v) is 9.18. The summed E-state index contributed by atoms with van der Waals surface area (Å²) in [6, 6.07) is 8.26. The first kappa shape index (κ1) is 18.4. The van der Waals surface area contributed by atoms with Gasteiger partial charge in [0.2, 0.25) is 5.95 Å². The van der Waals surface area contributed by atoms with Crippen molar-refractivity contribution in [2.75, 3.05) is 30.5 Å². The Morgan fingerprint density at radius 1 is 1.27 bits per heavy atom. The third kappa shape index (κ3) is 3.90. The van der Waals surface area contributed by atoms with E-state index in [1.807, 2.05) is 35.7 Å². The number of nitrogens with one attached hydrogen (secondary N) is 1. The molecule has 0 aliphatic rings. The van der Waals surface area contributed by atoms with Crippen molar-refractivity contribution in [1.82, 2.24) is 19.7 Å². The van der Waals surface area contributed by atoms with E-state index in [-0.39, 0.29) is 11.7 Å². The first-order valence-electron chi connectivity index (χ1n) is 8.59. The Hall–Kier alpha value is -2.35. The van der Waals surface area contributed by atoms with Crippen molar-refractivity contribution in [1.29, 1.82) is 0 Å². The number of fused-ring (bicyclic) bond motifs is 1. The Bertz CT molecular complexity index is 1010. The smallest absolute Gasteiger partial charge is 0.226 e. The monoisotopic (exact) mass is 375 g/mol. The van der Waals surface area contributed by atoms with E-state index in [0.29, 0.717) is 12.5 Å². The Labute approximate surface area is 154 Å². The fraction of sp³-hybridized carbons (Fsp3) is 0.444. The lowest BCUT2D eigenvalue weighted by molar-refractivity contribution is 0.600. The predicted molar refractivity (Wildman–Crippen MR) is 104 cm³/mol. The van der Waals surface area contributed by atoms with E-state index >= 15 is 0 Å². The molecule has 0 aliphatic carbocycles. The molecule has 26 heavy (non-hydrogen) atoms. The van der Waals surface area contributed by atoms with Crippen LogP contribution in [0.4, 0.5) is 5.95 Å². The van der Waals surface area contributed by atoms with E-state index in [0.717, 1.165) is 17.8 Å². The summed E-state index contributed by atoms with van der Waals surface area (Å²) < 4.78 is 24.7. The number of sulfone groups is 1. The van der Waals surface area contributed by atoms with E-state index in [1.165, 1.54) is 17.2 Å². The van der Waals surface area contributed by atoms with Gasteiger partial charge >= 0.3 is 0 Å². The van der Waals surface area contributed by atoms with Gasteiger partial charge in [0.15, 0.2) is 0 Å². The van der Waals surface area contributed by atoms with Gasteiger partial charge in [-0.3, -0.25) is 0 Å². The largest absolute Gasteiger partial charge is 0.361 e. The van der Waals surface area contributed by atoms with E-state index in [4.69, 9.17) is 0 Å². The van der Waals surface area contributed by atoms with E-state index in [2.05, 4.69) is 40.4 Å². The van der Waals surface area contributed by atoms with Crippen LogP contribution in [0.1, 0.15) is 24.2 Å². The number of aromatic amines is 1. The zero-order valence-electron chi connectivity index (χ0n) is 15.6. The van der Waals surface area contributed by atoms with E-state index < -0.39 is 9.84 Å². The molecule has 0 aliphatic heterocycles. The average Bonchev–Trinajstić information content (AvgIpc) is 3.16. The summed E-state index contributed by atoms with van der Waals surface area (Å²) in [4.78, 5) is 5.14. The van der Waals surface area contributed by atoms with Crippen molar-refractivity contribution in [3.8, 4) is 0 Å². The topological polar surface area (TPSA) is 83.9 Å². The van der Waals surface area contributed by atoms with Crippen LogP contribution in [0.15, 0.2) is 30.5 Å². The molecule has 7 nitrogen and oxygen atoms in total. The SMILES string of the molecule is CC(Cc1nnc(N(C)CCS(C)(=O)=O)n1C)c1c[nH]c2ccccc12. The van der Waals surface area contributed by atoms with Crippen molar-refractivity contribution in [3.05, 3.63) is 41.9 Å². The first-order valence-corrected chi connectivity index (χ1v) is 10.7. The van der Waals surface area contributed by atoms with Gasteiger partial charge in [-0.25, -0.2) is 8.42 Å². The molecule has 0 amide bonds. The molecule has 1 aromatic carbocycles. The van der Waals surface area contributed by atoms with Crippen molar-refractivity contribution in [2.24, 2.45) is 7.05 Å². The van der Waals surface area contributed by atoms with Crippen LogP contribution in [-0.4, -0.2) is 53.8 Å². The van der Waals surface area contributed by atoms with Crippen LogP contribution in [0.25, 0.3) is 10.9 Å². The molecule has 0 fully saturated rings. The maximum absolute atomic E-state index is 11.4. The van der Waals surface area contributed by atoms with Crippen LogP contribution >= 0.6 is 0 Å². The Morgan fingerprint density at radius 2 is 2.00 bits per heavy atom. The summed E-state index contributed by atoms with van der Waals surface area (Å²) in [6.45, 7) is 2.57. The Balaban J connectivity index is 1.75. The molecule has 2 aromatic heterocycles. The van der Waals surface area contributed by atoms with Gasteiger partial charge in [0.25, 0.3) is 0 Å². The van der Waals surface area contributed by atoms with Gasteiger partial charge in [-0.05, 0) is 17.5 Å². The molecule has 0 bridgehead atoms. The third-order valence-electron chi connectivity index (χ3n) is 4.72. The molecule has 1 atom stereocenters. The highest BCUT2D eigenvalue weighted by Crippen LogP contribution is 2.28. The molecule has 2 heterocycles. The number of anilines is 1. The molecule has 0 saturated carbocycles. The highest BCUT2D eigenvalue weighted by Gasteiger charge is 2.18. The summed E-state index contributed by atoms with van der Waals surface area (Å²) in [6.07, 6.45) is 4.06. The molecule has 1 unspecified atom stereocenters. The molecular weight excluding hydrogens is 350 g/mol. The predicted octanol–water partition coefficient (Wildman–Crippen LogP) is 2.12. The Kier molecular flexibility index (Phi) is 5.04. The third-order valence-corrected chi connectivity index (χ3v) is 5.65. The van der Waals surface area contributed by atoms with E-state index in [1.54, 1.807) is 0 Å². The standard InChI is InChI=1S/C18H25N5O2S/c1-13(15-12-19-16-8-6-5-7-14(15)16)11-17-20-21-18(23(17)3)22(2)9-10-26(4,24)25/h5-8,12-13,19H,9-11H2,1-4H3. The normalized spacial score (nSPS) is 13.2. The number of hydrogen-bond acceptors (Lipinski definition) is 5. The maximum atomic E-state index is 11.4. The van der Waals surface area contributed by atoms with Gasteiger partial charge in [0.05, 0.1) is 5.75 Å². The molecule has 140 valence electrons. The molecule has 0 spiro atoms. The van der Waals surface area contributed by atoms with Gasteiger partial charge in [-0.15, -0.1) is 10.2 Å². The number of benzene rings is 1.